The van der Waals surface area contributed by atoms with Crippen LogP contribution in [0.4, 0.5) is 5.82 Å². The molecule has 0 bridgehead atoms. The van der Waals surface area contributed by atoms with E-state index in [4.69, 9.17) is 11.6 Å². The van der Waals surface area contributed by atoms with Crippen molar-refractivity contribution < 1.29 is 0 Å². The summed E-state index contributed by atoms with van der Waals surface area (Å²) < 4.78 is 1.10. The minimum atomic E-state index is 0.402. The molecular formula is C9H7BrClN3S. The van der Waals surface area contributed by atoms with Gasteiger partial charge in [-0.3, -0.25) is 0 Å². The van der Waals surface area contributed by atoms with Gasteiger partial charge in [0.25, 0.3) is 0 Å². The fraction of sp³-hybridized carbons (Fsp3) is 0.111. The Bertz CT molecular complexity index is 443. The first-order valence-electron chi connectivity index (χ1n) is 4.20. The second kappa shape index (κ2) is 4.92. The standard InChI is InChI=1S/C9H7BrClN3S/c10-6-3-7(15-5-6)4-12-9-2-1-8(11)13-14-9/h1-3,5H,4H2,(H,12,14). The van der Waals surface area contributed by atoms with Crippen molar-refractivity contribution >= 4 is 44.7 Å². The zero-order valence-corrected chi connectivity index (χ0v) is 10.7. The molecular weight excluding hydrogens is 298 g/mol. The number of hydrogen-bond acceptors (Lipinski definition) is 4. The molecule has 2 heterocycles. The lowest BCUT2D eigenvalue weighted by Crippen LogP contribution is -2.00. The topological polar surface area (TPSA) is 37.8 Å². The summed E-state index contributed by atoms with van der Waals surface area (Å²) in [7, 11) is 0. The number of anilines is 1. The van der Waals surface area contributed by atoms with E-state index in [1.165, 1.54) is 4.88 Å². The van der Waals surface area contributed by atoms with Crippen LogP contribution < -0.4 is 5.32 Å². The van der Waals surface area contributed by atoms with Crippen LogP contribution in [0.15, 0.2) is 28.1 Å². The fourth-order valence-corrected chi connectivity index (χ4v) is 2.53. The normalized spacial score (nSPS) is 10.3. The molecule has 2 aromatic rings. The highest BCUT2D eigenvalue weighted by Crippen LogP contribution is 2.20. The number of rotatable bonds is 3. The van der Waals surface area contributed by atoms with Crippen LogP contribution in [0.5, 0.6) is 0 Å². The van der Waals surface area contributed by atoms with Crippen LogP contribution in [0.1, 0.15) is 4.88 Å². The van der Waals surface area contributed by atoms with Gasteiger partial charge < -0.3 is 5.32 Å². The summed E-state index contributed by atoms with van der Waals surface area (Å²) in [5, 5.41) is 13.3. The third-order valence-corrected chi connectivity index (χ3v) is 3.60. The Kier molecular flexibility index (Phi) is 3.56. The van der Waals surface area contributed by atoms with Gasteiger partial charge in [-0.1, -0.05) is 11.6 Å². The van der Waals surface area contributed by atoms with Crippen LogP contribution in [0.25, 0.3) is 0 Å². The number of nitrogens with zero attached hydrogens (tertiary/aromatic N) is 2. The molecule has 0 radical (unpaired) electrons. The summed E-state index contributed by atoms with van der Waals surface area (Å²) >= 11 is 10.7. The maximum absolute atomic E-state index is 5.63. The molecule has 15 heavy (non-hydrogen) atoms. The maximum atomic E-state index is 5.63. The molecule has 2 rings (SSSR count). The van der Waals surface area contributed by atoms with E-state index >= 15 is 0 Å². The molecule has 0 atom stereocenters. The quantitative estimate of drug-likeness (QED) is 0.942. The summed E-state index contributed by atoms with van der Waals surface area (Å²) in [5.74, 6) is 0.726. The Morgan fingerprint density at radius 1 is 1.40 bits per heavy atom. The lowest BCUT2D eigenvalue weighted by Gasteiger charge is -2.01. The van der Waals surface area contributed by atoms with E-state index in [1.807, 2.05) is 5.38 Å². The van der Waals surface area contributed by atoms with Crippen LogP contribution in [-0.4, -0.2) is 10.2 Å². The first-order valence-corrected chi connectivity index (χ1v) is 6.25. The van der Waals surface area contributed by atoms with Crippen molar-refractivity contribution in [3.05, 3.63) is 38.1 Å². The SMILES string of the molecule is Clc1ccc(NCc2cc(Br)cs2)nn1. The molecule has 1 N–H and O–H groups in total. The Labute approximate surface area is 105 Å². The molecule has 0 saturated heterocycles. The molecule has 0 aliphatic rings. The van der Waals surface area contributed by atoms with Crippen molar-refractivity contribution in [1.82, 2.24) is 10.2 Å². The van der Waals surface area contributed by atoms with Gasteiger partial charge in [-0.2, -0.15) is 0 Å². The van der Waals surface area contributed by atoms with Crippen LogP contribution in [-0.2, 0) is 6.54 Å². The first kappa shape index (κ1) is 10.9. The first-order chi connectivity index (χ1) is 7.24. The molecule has 0 saturated carbocycles. The summed E-state index contributed by atoms with van der Waals surface area (Å²) in [4.78, 5) is 1.23. The van der Waals surface area contributed by atoms with Crippen LogP contribution in [0.3, 0.4) is 0 Å². The van der Waals surface area contributed by atoms with Crippen molar-refractivity contribution in [3.63, 3.8) is 0 Å². The van der Waals surface area contributed by atoms with Crippen LogP contribution >= 0.6 is 38.9 Å². The van der Waals surface area contributed by atoms with Gasteiger partial charge in [-0.05, 0) is 34.1 Å². The number of nitrogens with one attached hydrogen (secondary N) is 1. The molecule has 0 aromatic carbocycles. The minimum Gasteiger partial charge on any atom is -0.364 e. The third-order valence-electron chi connectivity index (χ3n) is 1.70. The van der Waals surface area contributed by atoms with Gasteiger partial charge in [0.05, 0.1) is 6.54 Å². The Morgan fingerprint density at radius 2 is 2.27 bits per heavy atom. The van der Waals surface area contributed by atoms with E-state index in [9.17, 15) is 0 Å². The zero-order valence-electron chi connectivity index (χ0n) is 7.58. The second-order valence-corrected chi connectivity index (χ2v) is 5.12. The molecule has 0 amide bonds. The van der Waals surface area contributed by atoms with Crippen molar-refractivity contribution in [2.75, 3.05) is 5.32 Å². The van der Waals surface area contributed by atoms with Crippen molar-refractivity contribution in [2.24, 2.45) is 0 Å². The largest absolute Gasteiger partial charge is 0.364 e. The highest BCUT2D eigenvalue weighted by atomic mass is 79.9. The number of thiophene rings is 1. The summed E-state index contributed by atoms with van der Waals surface area (Å²) in [5.41, 5.74) is 0. The smallest absolute Gasteiger partial charge is 0.151 e. The van der Waals surface area contributed by atoms with Gasteiger partial charge in [-0.15, -0.1) is 21.5 Å². The Hall–Kier alpha value is -0.650. The molecule has 0 unspecified atom stereocenters. The van der Waals surface area contributed by atoms with Crippen LogP contribution in [0.2, 0.25) is 5.15 Å². The maximum Gasteiger partial charge on any atom is 0.151 e. The average Bonchev–Trinajstić information content (AvgIpc) is 2.64. The van der Waals surface area contributed by atoms with Gasteiger partial charge in [-0.25, -0.2) is 0 Å². The molecule has 2 aromatic heterocycles. The molecule has 0 aliphatic heterocycles. The van der Waals surface area contributed by atoms with E-state index in [0.717, 1.165) is 16.8 Å². The van der Waals surface area contributed by atoms with E-state index in [-0.39, 0.29) is 0 Å². The average molecular weight is 305 g/mol. The third kappa shape index (κ3) is 3.15. The Balaban J connectivity index is 1.96. The molecule has 0 fully saturated rings. The minimum absolute atomic E-state index is 0.402. The van der Waals surface area contributed by atoms with Gasteiger partial charge in [0.15, 0.2) is 5.15 Å². The molecule has 0 aliphatic carbocycles. The van der Waals surface area contributed by atoms with E-state index < -0.39 is 0 Å². The molecule has 6 heteroatoms. The number of hydrogen-bond donors (Lipinski definition) is 1. The molecule has 78 valence electrons. The Morgan fingerprint density at radius 3 is 2.87 bits per heavy atom. The lowest BCUT2D eigenvalue weighted by molar-refractivity contribution is 1.01. The summed E-state index contributed by atoms with van der Waals surface area (Å²) in [6.45, 7) is 0.743. The van der Waals surface area contributed by atoms with Gasteiger partial charge in [0, 0.05) is 14.7 Å². The number of aromatic nitrogens is 2. The van der Waals surface area contributed by atoms with Crippen molar-refractivity contribution in [3.8, 4) is 0 Å². The summed E-state index contributed by atoms with van der Waals surface area (Å²) in [6.07, 6.45) is 0. The zero-order chi connectivity index (χ0) is 10.7. The van der Waals surface area contributed by atoms with Gasteiger partial charge in [0.1, 0.15) is 5.82 Å². The second-order valence-electron chi connectivity index (χ2n) is 2.83. The van der Waals surface area contributed by atoms with Crippen LogP contribution in [0, 0.1) is 0 Å². The van der Waals surface area contributed by atoms with Crippen molar-refractivity contribution in [1.29, 1.82) is 0 Å². The highest BCUT2D eigenvalue weighted by molar-refractivity contribution is 9.10. The monoisotopic (exact) mass is 303 g/mol. The van der Waals surface area contributed by atoms with E-state index in [1.54, 1.807) is 23.5 Å². The van der Waals surface area contributed by atoms with E-state index in [0.29, 0.717) is 5.15 Å². The molecule has 3 nitrogen and oxygen atoms in total. The highest BCUT2D eigenvalue weighted by Gasteiger charge is 1.99. The van der Waals surface area contributed by atoms with Gasteiger partial charge in [0.2, 0.25) is 0 Å². The van der Waals surface area contributed by atoms with E-state index in [2.05, 4.69) is 37.5 Å². The fourth-order valence-electron chi connectivity index (χ4n) is 1.03. The van der Waals surface area contributed by atoms with Crippen molar-refractivity contribution in [2.45, 2.75) is 6.54 Å². The predicted molar refractivity (Wildman–Crippen MR) is 66.4 cm³/mol. The predicted octanol–water partition coefficient (Wildman–Crippen LogP) is 3.57. The lowest BCUT2D eigenvalue weighted by atomic mass is 10.4. The molecule has 0 spiro atoms. The number of halogens is 2. The summed E-state index contributed by atoms with van der Waals surface area (Å²) in [6, 6.07) is 5.58. The van der Waals surface area contributed by atoms with Gasteiger partial charge >= 0.3 is 0 Å².